The van der Waals surface area contributed by atoms with Gasteiger partial charge in [-0.3, -0.25) is 4.79 Å². The first-order valence-corrected chi connectivity index (χ1v) is 6.27. The summed E-state index contributed by atoms with van der Waals surface area (Å²) in [6, 6.07) is 10.3. The minimum absolute atomic E-state index is 0.0289. The zero-order valence-electron chi connectivity index (χ0n) is 10.1. The Morgan fingerprint density at radius 2 is 2.00 bits per heavy atom. The molecule has 17 heavy (non-hydrogen) atoms. The van der Waals surface area contributed by atoms with Crippen LogP contribution in [0.3, 0.4) is 0 Å². The third-order valence-corrected chi connectivity index (χ3v) is 4.33. The van der Waals surface area contributed by atoms with Gasteiger partial charge in [-0.25, -0.2) is 0 Å². The van der Waals surface area contributed by atoms with E-state index < -0.39 is 0 Å². The van der Waals surface area contributed by atoms with Gasteiger partial charge in [0.25, 0.3) is 0 Å². The standard InChI is InChI=1S/C14H18N2O/c1-10(11-5-3-2-4-6-11)16-9-12(15)14(7-8-14)13(16)17/h2-6,10,12H,7-9,15H2,1H3/t10-,12+/m1/s1. The van der Waals surface area contributed by atoms with Crippen LogP contribution in [0.15, 0.2) is 30.3 Å². The third kappa shape index (κ3) is 1.49. The quantitative estimate of drug-likeness (QED) is 0.840. The largest absolute Gasteiger partial charge is 0.334 e. The molecule has 0 radical (unpaired) electrons. The monoisotopic (exact) mass is 230 g/mol. The highest BCUT2D eigenvalue weighted by Gasteiger charge is 2.61. The van der Waals surface area contributed by atoms with E-state index in [1.807, 2.05) is 23.1 Å². The molecule has 1 spiro atoms. The van der Waals surface area contributed by atoms with Crippen molar-refractivity contribution in [1.82, 2.24) is 4.90 Å². The molecular weight excluding hydrogens is 212 g/mol. The number of rotatable bonds is 2. The molecule has 1 heterocycles. The maximum atomic E-state index is 12.4. The molecule has 0 bridgehead atoms. The van der Waals surface area contributed by atoms with E-state index in [9.17, 15) is 4.79 Å². The van der Waals surface area contributed by atoms with Gasteiger partial charge in [-0.05, 0) is 25.3 Å². The van der Waals surface area contributed by atoms with Crippen LogP contribution in [0.1, 0.15) is 31.4 Å². The van der Waals surface area contributed by atoms with Crippen molar-refractivity contribution < 1.29 is 4.79 Å². The summed E-state index contributed by atoms with van der Waals surface area (Å²) in [4.78, 5) is 14.3. The Hall–Kier alpha value is -1.35. The number of hydrogen-bond donors (Lipinski definition) is 1. The highest BCUT2D eigenvalue weighted by atomic mass is 16.2. The van der Waals surface area contributed by atoms with Gasteiger partial charge in [0, 0.05) is 12.6 Å². The molecule has 3 rings (SSSR count). The van der Waals surface area contributed by atoms with Crippen molar-refractivity contribution >= 4 is 5.91 Å². The first-order chi connectivity index (χ1) is 8.15. The van der Waals surface area contributed by atoms with Crippen LogP contribution in [0.5, 0.6) is 0 Å². The highest BCUT2D eigenvalue weighted by molar-refractivity contribution is 5.89. The Labute approximate surface area is 102 Å². The minimum atomic E-state index is -0.191. The molecule has 90 valence electrons. The second-order valence-corrected chi connectivity index (χ2v) is 5.31. The van der Waals surface area contributed by atoms with Crippen LogP contribution in [-0.2, 0) is 4.79 Å². The van der Waals surface area contributed by atoms with Crippen LogP contribution < -0.4 is 5.73 Å². The van der Waals surface area contributed by atoms with E-state index in [0.717, 1.165) is 12.8 Å². The van der Waals surface area contributed by atoms with Crippen LogP contribution in [0, 0.1) is 5.41 Å². The lowest BCUT2D eigenvalue weighted by atomic mass is 10.0. The van der Waals surface area contributed by atoms with Crippen LogP contribution in [0.2, 0.25) is 0 Å². The lowest BCUT2D eigenvalue weighted by molar-refractivity contribution is -0.133. The Kier molecular flexibility index (Phi) is 2.26. The van der Waals surface area contributed by atoms with Gasteiger partial charge in [-0.2, -0.15) is 0 Å². The van der Waals surface area contributed by atoms with E-state index in [1.165, 1.54) is 5.56 Å². The van der Waals surface area contributed by atoms with Crippen LogP contribution in [-0.4, -0.2) is 23.4 Å². The Bertz CT molecular complexity index is 439. The van der Waals surface area contributed by atoms with Gasteiger partial charge < -0.3 is 10.6 Å². The number of likely N-dealkylation sites (tertiary alicyclic amines) is 1. The fourth-order valence-corrected chi connectivity index (χ4v) is 2.88. The normalized spacial score (nSPS) is 27.5. The van der Waals surface area contributed by atoms with Crippen LogP contribution >= 0.6 is 0 Å². The van der Waals surface area contributed by atoms with Crippen molar-refractivity contribution in [3.8, 4) is 0 Å². The first-order valence-electron chi connectivity index (χ1n) is 6.27. The molecule has 3 heteroatoms. The van der Waals surface area contributed by atoms with Crippen molar-refractivity contribution in [2.24, 2.45) is 11.1 Å². The van der Waals surface area contributed by atoms with Crippen LogP contribution in [0.25, 0.3) is 0 Å². The Balaban J connectivity index is 1.84. The lowest BCUT2D eigenvalue weighted by Gasteiger charge is -2.25. The predicted molar refractivity (Wildman–Crippen MR) is 66.2 cm³/mol. The number of nitrogens with zero attached hydrogens (tertiary/aromatic N) is 1. The minimum Gasteiger partial charge on any atom is -0.334 e. The van der Waals surface area contributed by atoms with Gasteiger partial charge in [0.05, 0.1) is 11.5 Å². The highest BCUT2D eigenvalue weighted by Crippen LogP contribution is 2.54. The molecule has 2 fully saturated rings. The number of carbonyl (C=O) groups excluding carboxylic acids is 1. The number of carbonyl (C=O) groups is 1. The van der Waals surface area contributed by atoms with E-state index >= 15 is 0 Å². The summed E-state index contributed by atoms with van der Waals surface area (Å²) < 4.78 is 0. The summed E-state index contributed by atoms with van der Waals surface area (Å²) in [5.41, 5.74) is 7.10. The molecule has 1 aromatic carbocycles. The predicted octanol–water partition coefficient (Wildman–Crippen LogP) is 1.70. The summed E-state index contributed by atoms with van der Waals surface area (Å²) in [6.45, 7) is 2.79. The number of hydrogen-bond acceptors (Lipinski definition) is 2. The molecule has 1 aliphatic carbocycles. The second-order valence-electron chi connectivity index (χ2n) is 5.31. The van der Waals surface area contributed by atoms with Crippen molar-refractivity contribution in [2.75, 3.05) is 6.54 Å². The summed E-state index contributed by atoms with van der Waals surface area (Å²) in [5.74, 6) is 0.265. The van der Waals surface area contributed by atoms with E-state index in [1.54, 1.807) is 0 Å². The number of amides is 1. The molecule has 3 nitrogen and oxygen atoms in total. The molecule has 0 aromatic heterocycles. The van der Waals surface area contributed by atoms with Crippen LogP contribution in [0.4, 0.5) is 0 Å². The Morgan fingerprint density at radius 1 is 1.35 bits per heavy atom. The smallest absolute Gasteiger partial charge is 0.230 e. The van der Waals surface area contributed by atoms with E-state index in [4.69, 9.17) is 5.73 Å². The van der Waals surface area contributed by atoms with Crippen molar-refractivity contribution in [1.29, 1.82) is 0 Å². The van der Waals surface area contributed by atoms with Gasteiger partial charge in [0.15, 0.2) is 0 Å². The topological polar surface area (TPSA) is 46.3 Å². The summed E-state index contributed by atoms with van der Waals surface area (Å²) in [5, 5.41) is 0. The van der Waals surface area contributed by atoms with Crippen molar-refractivity contribution in [3.63, 3.8) is 0 Å². The van der Waals surface area contributed by atoms with Gasteiger partial charge in [-0.1, -0.05) is 30.3 Å². The molecule has 2 atom stereocenters. The maximum Gasteiger partial charge on any atom is 0.230 e. The zero-order valence-corrected chi connectivity index (χ0v) is 10.1. The fraction of sp³-hybridized carbons (Fsp3) is 0.500. The van der Waals surface area contributed by atoms with E-state index in [2.05, 4.69) is 19.1 Å². The van der Waals surface area contributed by atoms with Gasteiger partial charge in [0.2, 0.25) is 5.91 Å². The average molecular weight is 230 g/mol. The summed E-state index contributed by atoms with van der Waals surface area (Å²) in [6.07, 6.45) is 1.95. The molecule has 2 aliphatic rings. The molecule has 2 N–H and O–H groups in total. The molecule has 1 saturated heterocycles. The first kappa shape index (κ1) is 10.8. The molecular formula is C14H18N2O. The SMILES string of the molecule is C[C@H](c1ccccc1)N1C[C@H](N)C2(CC2)C1=O. The summed E-state index contributed by atoms with van der Waals surface area (Å²) in [7, 11) is 0. The van der Waals surface area contributed by atoms with Crippen molar-refractivity contribution in [2.45, 2.75) is 31.8 Å². The molecule has 1 aliphatic heterocycles. The molecule has 1 aromatic rings. The van der Waals surface area contributed by atoms with Gasteiger partial charge in [0.1, 0.15) is 0 Å². The zero-order chi connectivity index (χ0) is 12.0. The Morgan fingerprint density at radius 3 is 2.53 bits per heavy atom. The summed E-state index contributed by atoms with van der Waals surface area (Å²) >= 11 is 0. The van der Waals surface area contributed by atoms with E-state index in [-0.39, 0.29) is 23.4 Å². The maximum absolute atomic E-state index is 12.4. The molecule has 1 amide bonds. The third-order valence-electron chi connectivity index (χ3n) is 4.33. The molecule has 1 saturated carbocycles. The molecule has 0 unspecified atom stereocenters. The van der Waals surface area contributed by atoms with Gasteiger partial charge >= 0.3 is 0 Å². The fourth-order valence-electron chi connectivity index (χ4n) is 2.88. The number of nitrogens with two attached hydrogens (primary N) is 1. The number of benzene rings is 1. The lowest BCUT2D eigenvalue weighted by Crippen LogP contribution is -2.31. The van der Waals surface area contributed by atoms with Gasteiger partial charge in [-0.15, -0.1) is 0 Å². The van der Waals surface area contributed by atoms with Crippen molar-refractivity contribution in [3.05, 3.63) is 35.9 Å². The average Bonchev–Trinajstić information content (AvgIpc) is 3.12. The van der Waals surface area contributed by atoms with E-state index in [0.29, 0.717) is 6.54 Å². The second kappa shape index (κ2) is 3.57.